The molecule has 1 N–H and O–H groups in total. The van der Waals surface area contributed by atoms with E-state index in [0.717, 1.165) is 11.4 Å². The highest BCUT2D eigenvalue weighted by Crippen LogP contribution is 2.32. The molecule has 20 heavy (non-hydrogen) atoms. The lowest BCUT2D eigenvalue weighted by molar-refractivity contribution is 0.0701. The first-order chi connectivity index (χ1) is 9.56. The number of thiazole rings is 1. The average Bonchev–Trinajstić information content (AvgIpc) is 2.91. The van der Waals surface area contributed by atoms with Gasteiger partial charge >= 0.3 is 5.97 Å². The van der Waals surface area contributed by atoms with Crippen molar-refractivity contribution in [3.8, 4) is 5.75 Å². The summed E-state index contributed by atoms with van der Waals surface area (Å²) in [5, 5.41) is 9.84. The number of aryl methyl sites for hydroxylation is 1. The van der Waals surface area contributed by atoms with Crippen molar-refractivity contribution in [3.05, 3.63) is 34.8 Å². The van der Waals surface area contributed by atoms with Gasteiger partial charge in [-0.25, -0.2) is 9.78 Å². The molecule has 0 saturated heterocycles. The van der Waals surface area contributed by atoms with Crippen LogP contribution in [0.2, 0.25) is 0 Å². The molecule has 0 amide bonds. The molecule has 0 bridgehead atoms. The first-order valence-electron chi connectivity index (χ1n) is 6.17. The molecule has 5 nitrogen and oxygen atoms in total. The molecule has 0 atom stereocenters. The van der Waals surface area contributed by atoms with Crippen molar-refractivity contribution >= 4 is 28.1 Å². The van der Waals surface area contributed by atoms with E-state index in [1.165, 1.54) is 11.3 Å². The summed E-state index contributed by atoms with van der Waals surface area (Å²) in [4.78, 5) is 17.8. The monoisotopic (exact) mass is 292 g/mol. The van der Waals surface area contributed by atoms with Crippen LogP contribution < -0.4 is 9.64 Å². The van der Waals surface area contributed by atoms with Crippen LogP contribution in [-0.4, -0.2) is 30.2 Å². The predicted octanol–water partition coefficient (Wildman–Crippen LogP) is 3.18. The summed E-state index contributed by atoms with van der Waals surface area (Å²) in [6.45, 7) is 1.90. The van der Waals surface area contributed by atoms with Crippen molar-refractivity contribution < 1.29 is 14.6 Å². The largest absolute Gasteiger partial charge is 0.497 e. The summed E-state index contributed by atoms with van der Waals surface area (Å²) >= 11 is 1.18. The molecule has 0 fully saturated rings. The number of carboxylic acid groups (broad SMARTS) is 1. The summed E-state index contributed by atoms with van der Waals surface area (Å²) in [6.07, 6.45) is 0.601. The van der Waals surface area contributed by atoms with Gasteiger partial charge in [0, 0.05) is 18.8 Å². The molecule has 1 aromatic carbocycles. The van der Waals surface area contributed by atoms with E-state index >= 15 is 0 Å². The van der Waals surface area contributed by atoms with Crippen LogP contribution in [0, 0.1) is 0 Å². The SMILES string of the molecule is CCc1nc(N(C)c2cccc(OC)c2)sc1C(=O)O. The van der Waals surface area contributed by atoms with Crippen molar-refractivity contribution in [1.29, 1.82) is 0 Å². The van der Waals surface area contributed by atoms with E-state index in [1.54, 1.807) is 7.11 Å². The Morgan fingerprint density at radius 1 is 1.50 bits per heavy atom. The lowest BCUT2D eigenvalue weighted by Gasteiger charge is -2.16. The Bertz CT molecular complexity index is 625. The average molecular weight is 292 g/mol. The summed E-state index contributed by atoms with van der Waals surface area (Å²) in [5.74, 6) is -0.176. The topological polar surface area (TPSA) is 62.7 Å². The zero-order valence-electron chi connectivity index (χ0n) is 11.6. The van der Waals surface area contributed by atoms with E-state index in [-0.39, 0.29) is 0 Å². The molecule has 0 aliphatic carbocycles. The van der Waals surface area contributed by atoms with Gasteiger partial charge in [0.1, 0.15) is 10.6 Å². The van der Waals surface area contributed by atoms with Gasteiger partial charge in [0.2, 0.25) is 0 Å². The van der Waals surface area contributed by atoms with Crippen LogP contribution in [-0.2, 0) is 6.42 Å². The first-order valence-corrected chi connectivity index (χ1v) is 6.99. The maximum Gasteiger partial charge on any atom is 0.347 e. The van der Waals surface area contributed by atoms with Crippen LogP contribution in [0.3, 0.4) is 0 Å². The number of aromatic carboxylic acids is 1. The third-order valence-electron chi connectivity index (χ3n) is 2.94. The molecule has 6 heteroatoms. The molecular formula is C14H16N2O3S. The highest BCUT2D eigenvalue weighted by Gasteiger charge is 2.18. The molecule has 0 spiro atoms. The van der Waals surface area contributed by atoms with Crippen molar-refractivity contribution in [2.45, 2.75) is 13.3 Å². The third kappa shape index (κ3) is 2.75. The molecule has 0 saturated carbocycles. The van der Waals surface area contributed by atoms with Gasteiger partial charge in [-0.15, -0.1) is 0 Å². The molecule has 1 aromatic heterocycles. The van der Waals surface area contributed by atoms with E-state index in [4.69, 9.17) is 4.74 Å². The van der Waals surface area contributed by atoms with Crippen LogP contribution in [0.4, 0.5) is 10.8 Å². The summed E-state index contributed by atoms with van der Waals surface area (Å²) in [6, 6.07) is 7.56. The second-order valence-electron chi connectivity index (χ2n) is 4.19. The van der Waals surface area contributed by atoms with Gasteiger partial charge in [-0.1, -0.05) is 24.3 Å². The van der Waals surface area contributed by atoms with Gasteiger partial charge in [-0.3, -0.25) is 0 Å². The minimum absolute atomic E-state index is 0.303. The Morgan fingerprint density at radius 2 is 2.25 bits per heavy atom. The summed E-state index contributed by atoms with van der Waals surface area (Å²) in [5.41, 5.74) is 1.52. The van der Waals surface area contributed by atoms with Crippen LogP contribution in [0.15, 0.2) is 24.3 Å². The lowest BCUT2D eigenvalue weighted by atomic mass is 10.3. The van der Waals surface area contributed by atoms with Gasteiger partial charge in [0.15, 0.2) is 5.13 Å². The first kappa shape index (κ1) is 14.3. The minimum atomic E-state index is -0.926. The smallest absolute Gasteiger partial charge is 0.347 e. The molecule has 2 aromatic rings. The van der Waals surface area contributed by atoms with E-state index in [2.05, 4.69) is 4.98 Å². The molecule has 0 unspecified atom stereocenters. The Morgan fingerprint density at radius 3 is 2.80 bits per heavy atom. The maximum atomic E-state index is 11.2. The number of anilines is 2. The third-order valence-corrected chi connectivity index (χ3v) is 4.10. The summed E-state index contributed by atoms with van der Waals surface area (Å²) in [7, 11) is 3.47. The highest BCUT2D eigenvalue weighted by atomic mass is 32.1. The second-order valence-corrected chi connectivity index (χ2v) is 5.17. The Labute approximate surface area is 121 Å². The van der Waals surface area contributed by atoms with Gasteiger partial charge in [0.05, 0.1) is 12.8 Å². The number of carboxylic acids is 1. The van der Waals surface area contributed by atoms with Crippen LogP contribution >= 0.6 is 11.3 Å². The Balaban J connectivity index is 2.37. The van der Waals surface area contributed by atoms with Crippen molar-refractivity contribution in [2.24, 2.45) is 0 Å². The molecule has 106 valence electrons. The van der Waals surface area contributed by atoms with E-state index < -0.39 is 5.97 Å². The number of carbonyl (C=O) groups is 1. The van der Waals surface area contributed by atoms with Gasteiger partial charge in [-0.05, 0) is 18.6 Å². The van der Waals surface area contributed by atoms with E-state index in [9.17, 15) is 9.90 Å². The standard InChI is InChI=1S/C14H16N2O3S/c1-4-11-12(13(17)18)20-14(15-11)16(2)9-6-5-7-10(8-9)19-3/h5-8H,4H2,1-3H3,(H,17,18). The van der Waals surface area contributed by atoms with Gasteiger partial charge in [0.25, 0.3) is 0 Å². The highest BCUT2D eigenvalue weighted by molar-refractivity contribution is 7.17. The lowest BCUT2D eigenvalue weighted by Crippen LogP contribution is -2.09. The van der Waals surface area contributed by atoms with E-state index in [1.807, 2.05) is 43.1 Å². The zero-order chi connectivity index (χ0) is 14.7. The minimum Gasteiger partial charge on any atom is -0.497 e. The number of aromatic nitrogens is 1. The van der Waals surface area contributed by atoms with Gasteiger partial charge < -0.3 is 14.7 Å². The predicted molar refractivity (Wildman–Crippen MR) is 79.5 cm³/mol. The Hall–Kier alpha value is -2.08. The molecule has 2 rings (SSSR count). The number of rotatable bonds is 5. The fraction of sp³-hybridized carbons (Fsp3) is 0.286. The maximum absolute atomic E-state index is 11.2. The van der Waals surface area contributed by atoms with Crippen LogP contribution in [0.25, 0.3) is 0 Å². The fourth-order valence-electron chi connectivity index (χ4n) is 1.82. The fourth-order valence-corrected chi connectivity index (χ4v) is 2.79. The molecule has 0 aliphatic rings. The number of methoxy groups -OCH3 is 1. The number of hydrogen-bond donors (Lipinski definition) is 1. The Kier molecular flexibility index (Phi) is 4.24. The van der Waals surface area contributed by atoms with E-state index in [0.29, 0.717) is 22.1 Å². The molecule has 1 heterocycles. The number of benzene rings is 1. The number of ether oxygens (including phenoxy) is 1. The normalized spacial score (nSPS) is 10.3. The van der Waals surface area contributed by atoms with Crippen LogP contribution in [0.5, 0.6) is 5.75 Å². The van der Waals surface area contributed by atoms with Crippen molar-refractivity contribution in [1.82, 2.24) is 4.98 Å². The molecule has 0 aliphatic heterocycles. The summed E-state index contributed by atoms with van der Waals surface area (Å²) < 4.78 is 5.19. The van der Waals surface area contributed by atoms with Gasteiger partial charge in [-0.2, -0.15) is 0 Å². The quantitative estimate of drug-likeness (QED) is 0.917. The molecular weight excluding hydrogens is 276 g/mol. The zero-order valence-corrected chi connectivity index (χ0v) is 12.4. The molecule has 0 radical (unpaired) electrons. The van der Waals surface area contributed by atoms with Crippen molar-refractivity contribution in [2.75, 3.05) is 19.1 Å². The van der Waals surface area contributed by atoms with Crippen LogP contribution in [0.1, 0.15) is 22.3 Å². The number of nitrogens with zero attached hydrogens (tertiary/aromatic N) is 2. The second kappa shape index (κ2) is 5.92. The number of hydrogen-bond acceptors (Lipinski definition) is 5. The van der Waals surface area contributed by atoms with Crippen molar-refractivity contribution in [3.63, 3.8) is 0 Å².